The van der Waals surface area contributed by atoms with Crippen LogP contribution in [0.5, 0.6) is 5.75 Å². The number of carbonyl (C=O) groups is 4. The standard InChI is InChI=1S/C18H22N2O8/c1-8-14(22)10(3)28-18(26)13(9(2)27-17(8)25)20-16(24)11-5-4-6-12(15(11)23)19-7-21/h4-10,13-14,22-23H,1-3H3,(H,19,21)(H,20,24)/t8-,9-,10+,13+,14-/m1/s1. The van der Waals surface area contributed by atoms with Crippen molar-refractivity contribution in [3.05, 3.63) is 23.8 Å². The Kier molecular flexibility index (Phi) is 6.57. The van der Waals surface area contributed by atoms with Crippen LogP contribution in [0, 0.1) is 5.92 Å². The number of aliphatic hydroxyl groups is 1. The highest BCUT2D eigenvalue weighted by Gasteiger charge is 2.39. The first-order chi connectivity index (χ1) is 13.2. The Bertz CT molecular complexity index is 781. The molecule has 0 unspecified atom stereocenters. The van der Waals surface area contributed by atoms with Gasteiger partial charge in [-0.3, -0.25) is 14.4 Å². The Morgan fingerprint density at radius 2 is 1.75 bits per heavy atom. The predicted octanol–water partition coefficient (Wildman–Crippen LogP) is -0.0671. The van der Waals surface area contributed by atoms with E-state index in [2.05, 4.69) is 10.6 Å². The van der Waals surface area contributed by atoms with Crippen molar-refractivity contribution >= 4 is 29.9 Å². The van der Waals surface area contributed by atoms with Crippen LogP contribution in [0.1, 0.15) is 31.1 Å². The van der Waals surface area contributed by atoms with Crippen LogP contribution >= 0.6 is 0 Å². The van der Waals surface area contributed by atoms with E-state index in [9.17, 15) is 29.4 Å². The number of esters is 2. The number of amides is 2. The molecule has 1 aromatic rings. The van der Waals surface area contributed by atoms with Crippen molar-refractivity contribution in [1.29, 1.82) is 0 Å². The van der Waals surface area contributed by atoms with Gasteiger partial charge < -0.3 is 30.3 Å². The number of aromatic hydroxyl groups is 1. The minimum Gasteiger partial charge on any atom is -0.505 e. The molecule has 2 amide bonds. The summed E-state index contributed by atoms with van der Waals surface area (Å²) in [6.07, 6.45) is -3.04. The van der Waals surface area contributed by atoms with Gasteiger partial charge in [0, 0.05) is 0 Å². The van der Waals surface area contributed by atoms with Crippen LogP contribution in [0.3, 0.4) is 0 Å². The average Bonchev–Trinajstić information content (AvgIpc) is 2.67. The molecule has 10 heteroatoms. The largest absolute Gasteiger partial charge is 0.505 e. The summed E-state index contributed by atoms with van der Waals surface area (Å²) in [7, 11) is 0. The Balaban J connectivity index is 2.28. The molecule has 1 heterocycles. The first-order valence-electron chi connectivity index (χ1n) is 8.59. The molecule has 1 fully saturated rings. The van der Waals surface area contributed by atoms with Gasteiger partial charge in [0.25, 0.3) is 5.91 Å². The topological polar surface area (TPSA) is 151 Å². The van der Waals surface area contributed by atoms with Crippen LogP contribution in [0.25, 0.3) is 0 Å². The number of para-hydroxylation sites is 1. The maximum absolute atomic E-state index is 12.6. The fourth-order valence-corrected chi connectivity index (χ4v) is 2.72. The second-order valence-corrected chi connectivity index (χ2v) is 6.48. The molecule has 1 aliphatic heterocycles. The summed E-state index contributed by atoms with van der Waals surface area (Å²) in [5.74, 6) is -3.93. The Labute approximate surface area is 160 Å². The number of hydrogen-bond acceptors (Lipinski definition) is 8. The first kappa shape index (κ1) is 21.2. The molecule has 0 saturated carbocycles. The second kappa shape index (κ2) is 8.70. The predicted molar refractivity (Wildman–Crippen MR) is 95.3 cm³/mol. The molecule has 1 aliphatic rings. The summed E-state index contributed by atoms with van der Waals surface area (Å²) in [6, 6.07) is 2.71. The smallest absolute Gasteiger partial charge is 0.332 e. The lowest BCUT2D eigenvalue weighted by atomic mass is 10.0. The molecule has 0 aromatic heterocycles. The van der Waals surface area contributed by atoms with Gasteiger partial charge in [-0.25, -0.2) is 4.79 Å². The molecule has 2 rings (SSSR count). The minimum atomic E-state index is -1.38. The Morgan fingerprint density at radius 3 is 2.39 bits per heavy atom. The van der Waals surface area contributed by atoms with Crippen LogP contribution in [0.15, 0.2) is 18.2 Å². The average molecular weight is 394 g/mol. The van der Waals surface area contributed by atoms with Gasteiger partial charge >= 0.3 is 11.9 Å². The third-order valence-corrected chi connectivity index (χ3v) is 4.47. The van der Waals surface area contributed by atoms with Crippen LogP contribution in [0.4, 0.5) is 5.69 Å². The van der Waals surface area contributed by atoms with Gasteiger partial charge in [0.2, 0.25) is 6.41 Å². The molecule has 152 valence electrons. The van der Waals surface area contributed by atoms with Gasteiger partial charge in [0.05, 0.1) is 17.2 Å². The lowest BCUT2D eigenvalue weighted by molar-refractivity contribution is -0.158. The van der Waals surface area contributed by atoms with E-state index in [1.165, 1.54) is 39.0 Å². The fourth-order valence-electron chi connectivity index (χ4n) is 2.72. The van der Waals surface area contributed by atoms with E-state index in [1.807, 2.05) is 0 Å². The third-order valence-electron chi connectivity index (χ3n) is 4.47. The molecule has 0 radical (unpaired) electrons. The molecule has 1 saturated heterocycles. The number of nitrogens with one attached hydrogen (secondary N) is 2. The van der Waals surface area contributed by atoms with E-state index in [4.69, 9.17) is 9.47 Å². The third kappa shape index (κ3) is 4.39. The van der Waals surface area contributed by atoms with Gasteiger partial charge in [-0.1, -0.05) is 6.07 Å². The second-order valence-electron chi connectivity index (χ2n) is 6.48. The number of hydrogen-bond donors (Lipinski definition) is 4. The van der Waals surface area contributed by atoms with Gasteiger partial charge in [-0.2, -0.15) is 0 Å². The van der Waals surface area contributed by atoms with Gasteiger partial charge in [0.1, 0.15) is 18.3 Å². The maximum Gasteiger partial charge on any atom is 0.332 e. The molecular formula is C18H22N2O8. The van der Waals surface area contributed by atoms with E-state index >= 15 is 0 Å². The molecular weight excluding hydrogens is 372 g/mol. The summed E-state index contributed by atoms with van der Waals surface area (Å²) in [5.41, 5.74) is -0.204. The first-order valence-corrected chi connectivity index (χ1v) is 8.59. The molecule has 10 nitrogen and oxygen atoms in total. The summed E-state index contributed by atoms with van der Waals surface area (Å²) < 4.78 is 10.3. The van der Waals surface area contributed by atoms with Gasteiger partial charge in [-0.05, 0) is 32.9 Å². The lowest BCUT2D eigenvalue weighted by Crippen LogP contribution is -2.50. The Morgan fingerprint density at radius 1 is 1.11 bits per heavy atom. The van der Waals surface area contributed by atoms with Gasteiger partial charge in [-0.15, -0.1) is 0 Å². The van der Waals surface area contributed by atoms with Crippen molar-refractivity contribution in [1.82, 2.24) is 5.32 Å². The van der Waals surface area contributed by atoms with Crippen molar-refractivity contribution in [3.8, 4) is 5.75 Å². The minimum absolute atomic E-state index is 0.00439. The van der Waals surface area contributed by atoms with Crippen molar-refractivity contribution in [2.24, 2.45) is 5.92 Å². The van der Waals surface area contributed by atoms with Crippen molar-refractivity contribution in [3.63, 3.8) is 0 Å². The van der Waals surface area contributed by atoms with Crippen molar-refractivity contribution in [2.75, 3.05) is 5.32 Å². The van der Waals surface area contributed by atoms with E-state index in [0.717, 1.165) is 0 Å². The summed E-state index contributed by atoms with van der Waals surface area (Å²) in [4.78, 5) is 47.7. The quantitative estimate of drug-likeness (QED) is 0.315. The number of rotatable bonds is 4. The van der Waals surface area contributed by atoms with Crippen LogP contribution < -0.4 is 10.6 Å². The summed E-state index contributed by atoms with van der Waals surface area (Å²) >= 11 is 0. The fraction of sp³-hybridized carbons (Fsp3) is 0.444. The van der Waals surface area contributed by atoms with Crippen LogP contribution in [-0.4, -0.2) is 58.8 Å². The van der Waals surface area contributed by atoms with E-state index in [-0.39, 0.29) is 11.3 Å². The van der Waals surface area contributed by atoms with Crippen LogP contribution in [0.2, 0.25) is 0 Å². The number of phenolic OH excluding ortho intramolecular Hbond substituents is 1. The molecule has 0 bridgehead atoms. The van der Waals surface area contributed by atoms with E-state index in [0.29, 0.717) is 6.41 Å². The van der Waals surface area contributed by atoms with E-state index in [1.54, 1.807) is 0 Å². The molecule has 28 heavy (non-hydrogen) atoms. The zero-order valence-corrected chi connectivity index (χ0v) is 15.5. The number of anilines is 1. The number of cyclic esters (lactones) is 2. The zero-order valence-electron chi connectivity index (χ0n) is 15.5. The monoisotopic (exact) mass is 394 g/mol. The molecule has 4 N–H and O–H groups in total. The molecule has 0 spiro atoms. The van der Waals surface area contributed by atoms with E-state index < -0.39 is 53.9 Å². The van der Waals surface area contributed by atoms with Crippen molar-refractivity contribution < 1.29 is 38.9 Å². The molecule has 5 atom stereocenters. The summed E-state index contributed by atoms with van der Waals surface area (Å²) in [6.45, 7) is 4.25. The highest BCUT2D eigenvalue weighted by molar-refractivity contribution is 6.01. The maximum atomic E-state index is 12.6. The normalized spacial score (nSPS) is 28.1. The number of benzene rings is 1. The van der Waals surface area contributed by atoms with Crippen LogP contribution in [-0.2, 0) is 23.9 Å². The summed E-state index contributed by atoms with van der Waals surface area (Å²) in [5, 5.41) is 24.8. The SMILES string of the molecule is C[C@@H]1OC(=O)[C@@H](NC(=O)c2cccc(NC=O)c2O)[C@@H](C)OC(=O)[C@H](C)[C@H]1O. The van der Waals surface area contributed by atoms with Gasteiger partial charge in [0.15, 0.2) is 11.8 Å². The highest BCUT2D eigenvalue weighted by atomic mass is 16.6. The Hall–Kier alpha value is -3.14. The lowest BCUT2D eigenvalue weighted by Gasteiger charge is -2.24. The molecule has 0 aliphatic carbocycles. The van der Waals surface area contributed by atoms with Crippen molar-refractivity contribution in [2.45, 2.75) is 45.1 Å². The molecule has 1 aromatic carbocycles. The highest BCUT2D eigenvalue weighted by Crippen LogP contribution is 2.27. The zero-order chi connectivity index (χ0) is 21.0. The number of ether oxygens (including phenoxy) is 2. The number of carbonyl (C=O) groups excluding carboxylic acids is 4. The number of aliphatic hydroxyl groups excluding tert-OH is 1. The number of phenols is 1.